The van der Waals surface area contributed by atoms with Crippen LogP contribution in [0.4, 0.5) is 14.5 Å². The summed E-state index contributed by atoms with van der Waals surface area (Å²) in [5.74, 6) is -1.78. The van der Waals surface area contributed by atoms with Gasteiger partial charge in [0.25, 0.3) is 5.91 Å². The van der Waals surface area contributed by atoms with Crippen LogP contribution >= 0.6 is 23.8 Å². The number of halogens is 3. The van der Waals surface area contributed by atoms with E-state index in [2.05, 4.69) is 15.6 Å². The molecule has 0 aliphatic heterocycles. The number of hydrogen-bond donors (Lipinski definition) is 2. The first kappa shape index (κ1) is 23.6. The molecule has 1 heterocycles. The van der Waals surface area contributed by atoms with Crippen LogP contribution in [0, 0.1) is 11.6 Å². The molecule has 0 radical (unpaired) electrons. The minimum absolute atomic E-state index is 0.0300. The first-order valence-electron chi connectivity index (χ1n) is 10.2. The summed E-state index contributed by atoms with van der Waals surface area (Å²) in [5.41, 5.74) is 1.92. The molecule has 0 atom stereocenters. The summed E-state index contributed by atoms with van der Waals surface area (Å²) in [6.45, 7) is 2.61. The van der Waals surface area contributed by atoms with Crippen molar-refractivity contribution in [2.24, 2.45) is 0 Å². The molecule has 1 amide bonds. The van der Waals surface area contributed by atoms with Gasteiger partial charge in [0.05, 0.1) is 17.2 Å². The van der Waals surface area contributed by atoms with Crippen molar-refractivity contribution >= 4 is 51.6 Å². The molecule has 174 valence electrons. The lowest BCUT2D eigenvalue weighted by atomic mass is 10.2. The number of ether oxygens (including phenoxy) is 1. The Bertz CT molecular complexity index is 1380. The molecule has 0 fully saturated rings. The lowest BCUT2D eigenvalue weighted by Crippen LogP contribution is -2.34. The molecule has 0 saturated heterocycles. The van der Waals surface area contributed by atoms with Crippen molar-refractivity contribution < 1.29 is 22.7 Å². The number of nitrogens with zero attached hydrogens (tertiary/aromatic N) is 1. The molecule has 1 aromatic heterocycles. The molecule has 0 aliphatic rings. The van der Waals surface area contributed by atoms with E-state index in [1.807, 2.05) is 6.92 Å². The van der Waals surface area contributed by atoms with Crippen molar-refractivity contribution in [2.75, 3.05) is 11.9 Å². The highest BCUT2D eigenvalue weighted by atomic mass is 35.5. The van der Waals surface area contributed by atoms with E-state index in [4.69, 9.17) is 33.0 Å². The molecular weight excluding hydrogens is 484 g/mol. The topological polar surface area (TPSA) is 76.4 Å². The molecule has 0 bridgehead atoms. The van der Waals surface area contributed by atoms with Crippen molar-refractivity contribution in [2.45, 2.75) is 13.3 Å². The van der Waals surface area contributed by atoms with E-state index in [9.17, 15) is 13.6 Å². The fourth-order valence-electron chi connectivity index (χ4n) is 3.07. The molecule has 4 aromatic rings. The second kappa shape index (κ2) is 10.1. The number of carbonyl (C=O) groups excluding carboxylic acids is 1. The van der Waals surface area contributed by atoms with Gasteiger partial charge < -0.3 is 14.5 Å². The average molecular weight is 502 g/mol. The highest BCUT2D eigenvalue weighted by Gasteiger charge is 2.16. The van der Waals surface area contributed by atoms with E-state index < -0.39 is 11.6 Å². The summed E-state index contributed by atoms with van der Waals surface area (Å²) in [6, 6.07) is 13.4. The fraction of sp³-hybridized carbons (Fsp3) is 0.125. The normalized spacial score (nSPS) is 10.8. The Kier molecular flexibility index (Phi) is 7.04. The number of hydrogen-bond acceptors (Lipinski definition) is 5. The lowest BCUT2D eigenvalue weighted by molar-refractivity contribution is 0.0977. The van der Waals surface area contributed by atoms with Crippen molar-refractivity contribution in [1.29, 1.82) is 0 Å². The predicted octanol–water partition coefficient (Wildman–Crippen LogP) is 6.34. The van der Waals surface area contributed by atoms with Gasteiger partial charge in [0.15, 0.2) is 22.3 Å². The summed E-state index contributed by atoms with van der Waals surface area (Å²) >= 11 is 11.2. The smallest absolute Gasteiger partial charge is 0.257 e. The second-order valence-corrected chi connectivity index (χ2v) is 8.04. The molecule has 6 nitrogen and oxygen atoms in total. The van der Waals surface area contributed by atoms with Crippen molar-refractivity contribution in [3.63, 3.8) is 0 Å². The maximum Gasteiger partial charge on any atom is 0.257 e. The second-order valence-electron chi connectivity index (χ2n) is 7.23. The average Bonchev–Trinajstić information content (AvgIpc) is 3.23. The van der Waals surface area contributed by atoms with E-state index in [-0.39, 0.29) is 27.5 Å². The molecule has 34 heavy (non-hydrogen) atoms. The zero-order chi connectivity index (χ0) is 24.2. The van der Waals surface area contributed by atoms with Crippen LogP contribution in [0.5, 0.6) is 5.75 Å². The van der Waals surface area contributed by atoms with Gasteiger partial charge >= 0.3 is 0 Å². The Morgan fingerprint density at radius 3 is 2.59 bits per heavy atom. The standard InChI is InChI=1S/C24H18ClF2N3O3S/c1-2-9-32-15-6-3-13(4-7-15)22(31)30-24(34)28-14-5-8-21-20(10-14)29-23(33-21)16-11-18(26)19(27)12-17(16)25/h3-8,10-12H,2,9H2,1H3,(H2,28,30,31,34). The Hall–Kier alpha value is -3.56. The minimum Gasteiger partial charge on any atom is -0.494 e. The van der Waals surface area contributed by atoms with Crippen LogP contribution in [0.25, 0.3) is 22.6 Å². The third-order valence-corrected chi connectivity index (χ3v) is 5.22. The third-order valence-electron chi connectivity index (χ3n) is 4.70. The molecule has 4 rings (SSSR count). The van der Waals surface area contributed by atoms with Crippen LogP contribution in [0.15, 0.2) is 59.0 Å². The van der Waals surface area contributed by atoms with Crippen LogP contribution in [0.1, 0.15) is 23.7 Å². The highest BCUT2D eigenvalue weighted by molar-refractivity contribution is 7.80. The highest BCUT2D eigenvalue weighted by Crippen LogP contribution is 2.32. The summed E-state index contributed by atoms with van der Waals surface area (Å²) in [6.07, 6.45) is 0.891. The minimum atomic E-state index is -1.06. The van der Waals surface area contributed by atoms with Gasteiger partial charge in [0.2, 0.25) is 5.89 Å². The summed E-state index contributed by atoms with van der Waals surface area (Å²) in [5, 5.41) is 5.57. The number of thiocarbonyl (C=S) groups is 1. The first-order chi connectivity index (χ1) is 16.3. The van der Waals surface area contributed by atoms with Crippen molar-refractivity contribution in [1.82, 2.24) is 10.3 Å². The zero-order valence-corrected chi connectivity index (χ0v) is 19.4. The van der Waals surface area contributed by atoms with Gasteiger partial charge in [-0.1, -0.05) is 18.5 Å². The van der Waals surface area contributed by atoms with Crippen LogP contribution in [0.2, 0.25) is 5.02 Å². The third kappa shape index (κ3) is 5.32. The van der Waals surface area contributed by atoms with Crippen LogP contribution in [0.3, 0.4) is 0 Å². The number of nitrogens with one attached hydrogen (secondary N) is 2. The Morgan fingerprint density at radius 2 is 1.85 bits per heavy atom. The van der Waals surface area contributed by atoms with Gasteiger partial charge in [-0.15, -0.1) is 0 Å². The van der Waals surface area contributed by atoms with Gasteiger partial charge in [-0.25, -0.2) is 13.8 Å². The van der Waals surface area contributed by atoms with Crippen LogP contribution in [-0.2, 0) is 0 Å². The largest absolute Gasteiger partial charge is 0.494 e. The summed E-state index contributed by atoms with van der Waals surface area (Å²) in [4.78, 5) is 16.7. The molecule has 2 N–H and O–H groups in total. The monoisotopic (exact) mass is 501 g/mol. The Labute approximate surface area is 203 Å². The molecule has 0 spiro atoms. The van der Waals surface area contributed by atoms with E-state index in [0.717, 1.165) is 18.6 Å². The molecule has 0 aliphatic carbocycles. The lowest BCUT2D eigenvalue weighted by Gasteiger charge is -2.10. The van der Waals surface area contributed by atoms with Gasteiger partial charge in [0.1, 0.15) is 11.3 Å². The number of amides is 1. The van der Waals surface area contributed by atoms with Crippen LogP contribution < -0.4 is 15.4 Å². The molecule has 0 unspecified atom stereocenters. The maximum atomic E-state index is 13.6. The summed E-state index contributed by atoms with van der Waals surface area (Å²) in [7, 11) is 0. The molecule has 10 heteroatoms. The Balaban J connectivity index is 1.44. The maximum absolute atomic E-state index is 13.6. The quantitative estimate of drug-likeness (QED) is 0.237. The van der Waals surface area contributed by atoms with E-state index in [0.29, 0.717) is 34.7 Å². The van der Waals surface area contributed by atoms with Gasteiger partial charge in [0, 0.05) is 11.3 Å². The van der Waals surface area contributed by atoms with E-state index in [1.54, 1.807) is 42.5 Å². The number of benzene rings is 3. The molecule has 3 aromatic carbocycles. The SMILES string of the molecule is CCCOc1ccc(C(=O)NC(=S)Nc2ccc3oc(-c4cc(F)c(F)cc4Cl)nc3c2)cc1. The first-order valence-corrected chi connectivity index (χ1v) is 11.0. The molecular formula is C24H18ClF2N3O3S. The van der Waals surface area contributed by atoms with Gasteiger partial charge in [-0.2, -0.15) is 0 Å². The van der Waals surface area contributed by atoms with Crippen molar-refractivity contribution in [3.05, 3.63) is 76.8 Å². The van der Waals surface area contributed by atoms with E-state index >= 15 is 0 Å². The molecule has 0 saturated carbocycles. The number of oxazole rings is 1. The number of aromatic nitrogens is 1. The Morgan fingerprint density at radius 1 is 1.12 bits per heavy atom. The number of rotatable bonds is 6. The number of fused-ring (bicyclic) bond motifs is 1. The van der Waals surface area contributed by atoms with E-state index in [1.165, 1.54) is 0 Å². The zero-order valence-electron chi connectivity index (χ0n) is 17.8. The summed E-state index contributed by atoms with van der Waals surface area (Å²) < 4.78 is 38.1. The van der Waals surface area contributed by atoms with Crippen molar-refractivity contribution in [3.8, 4) is 17.2 Å². The fourth-order valence-corrected chi connectivity index (χ4v) is 3.51. The van der Waals surface area contributed by atoms with Gasteiger partial charge in [-0.05, 0) is 73.2 Å². The number of anilines is 1. The van der Waals surface area contributed by atoms with Gasteiger partial charge in [-0.3, -0.25) is 10.1 Å². The predicted molar refractivity (Wildman–Crippen MR) is 130 cm³/mol. The van der Waals surface area contributed by atoms with Crippen LogP contribution in [-0.4, -0.2) is 22.6 Å². The number of carbonyl (C=O) groups is 1.